The van der Waals surface area contributed by atoms with Crippen molar-refractivity contribution in [3.8, 4) is 0 Å². The van der Waals surface area contributed by atoms with Gasteiger partial charge in [-0.1, -0.05) is 24.6 Å². The lowest BCUT2D eigenvalue weighted by molar-refractivity contribution is 0.0697. The van der Waals surface area contributed by atoms with E-state index in [4.69, 9.17) is 21.6 Å². The fourth-order valence-electron chi connectivity index (χ4n) is 2.25. The number of hydrogen-bond acceptors (Lipinski definition) is 3. The van der Waals surface area contributed by atoms with E-state index in [1.807, 2.05) is 0 Å². The Kier molecular flexibility index (Phi) is 4.50. The zero-order chi connectivity index (χ0) is 14.0. The van der Waals surface area contributed by atoms with Gasteiger partial charge in [0, 0.05) is 13.1 Å². The fourth-order valence-corrected chi connectivity index (χ4v) is 2.52. The van der Waals surface area contributed by atoms with Crippen molar-refractivity contribution in [3.63, 3.8) is 0 Å². The number of hydrogen-bond donors (Lipinski definition) is 2. The topological polar surface area (TPSA) is 60.8 Å². The number of benzene rings is 1. The van der Waals surface area contributed by atoms with Crippen molar-refractivity contribution >= 4 is 30.1 Å². The molecule has 1 heterocycles. The summed E-state index contributed by atoms with van der Waals surface area (Å²) < 4.78 is 0. The van der Waals surface area contributed by atoms with E-state index >= 15 is 0 Å². The fraction of sp³-hybridized carbons (Fsp3) is 0.462. The van der Waals surface area contributed by atoms with Crippen LogP contribution in [0.2, 0.25) is 5.02 Å². The van der Waals surface area contributed by atoms with Gasteiger partial charge in [0.25, 0.3) is 5.91 Å². The SMILES string of the molecule is CC1CCN(C(=O)c2ccc(B(O)O)cc2Cl)CC1. The van der Waals surface area contributed by atoms with Crippen LogP contribution in [-0.2, 0) is 0 Å². The summed E-state index contributed by atoms with van der Waals surface area (Å²) in [6, 6.07) is 4.49. The van der Waals surface area contributed by atoms with Gasteiger partial charge in [-0.2, -0.15) is 0 Å². The average molecular weight is 282 g/mol. The van der Waals surface area contributed by atoms with Gasteiger partial charge < -0.3 is 14.9 Å². The molecule has 0 radical (unpaired) electrons. The molecule has 1 aliphatic rings. The molecule has 1 aliphatic heterocycles. The van der Waals surface area contributed by atoms with E-state index in [1.165, 1.54) is 12.1 Å². The lowest BCUT2D eigenvalue weighted by atomic mass is 9.80. The first kappa shape index (κ1) is 14.4. The molecule has 0 bridgehead atoms. The molecule has 1 aromatic rings. The standard InChI is InChI=1S/C13H17BClNO3/c1-9-4-6-16(7-5-9)13(17)11-3-2-10(14(18)19)8-12(11)15/h2-3,8-9,18-19H,4-7H2,1H3. The highest BCUT2D eigenvalue weighted by molar-refractivity contribution is 6.59. The molecule has 0 atom stereocenters. The molecule has 102 valence electrons. The maximum Gasteiger partial charge on any atom is 0.488 e. The molecular weight excluding hydrogens is 264 g/mol. The Balaban J connectivity index is 2.15. The van der Waals surface area contributed by atoms with Crippen molar-refractivity contribution in [1.29, 1.82) is 0 Å². The lowest BCUT2D eigenvalue weighted by Gasteiger charge is -2.30. The minimum Gasteiger partial charge on any atom is -0.423 e. The van der Waals surface area contributed by atoms with Gasteiger partial charge in [0.15, 0.2) is 0 Å². The van der Waals surface area contributed by atoms with Gasteiger partial charge in [-0.25, -0.2) is 0 Å². The summed E-state index contributed by atoms with van der Waals surface area (Å²) in [7, 11) is -1.57. The summed E-state index contributed by atoms with van der Waals surface area (Å²) in [5, 5.41) is 18.4. The van der Waals surface area contributed by atoms with Crippen molar-refractivity contribution in [1.82, 2.24) is 4.90 Å². The maximum atomic E-state index is 12.3. The van der Waals surface area contributed by atoms with Crippen LogP contribution in [0.4, 0.5) is 0 Å². The minimum atomic E-state index is -1.57. The van der Waals surface area contributed by atoms with Crippen LogP contribution in [0, 0.1) is 5.92 Å². The number of amides is 1. The van der Waals surface area contributed by atoms with E-state index < -0.39 is 7.12 Å². The molecule has 0 saturated carbocycles. The van der Waals surface area contributed by atoms with E-state index in [1.54, 1.807) is 11.0 Å². The molecule has 2 rings (SSSR count). The molecule has 4 nitrogen and oxygen atoms in total. The molecule has 0 aliphatic carbocycles. The molecule has 1 saturated heterocycles. The zero-order valence-corrected chi connectivity index (χ0v) is 11.6. The van der Waals surface area contributed by atoms with Gasteiger partial charge in [-0.3, -0.25) is 4.79 Å². The van der Waals surface area contributed by atoms with Crippen LogP contribution in [0.5, 0.6) is 0 Å². The summed E-state index contributed by atoms with van der Waals surface area (Å²) in [5.41, 5.74) is 0.703. The molecule has 6 heteroatoms. The summed E-state index contributed by atoms with van der Waals surface area (Å²) >= 11 is 6.05. The number of nitrogens with zero attached hydrogens (tertiary/aromatic N) is 1. The van der Waals surface area contributed by atoms with Crippen LogP contribution in [-0.4, -0.2) is 41.1 Å². The lowest BCUT2D eigenvalue weighted by Crippen LogP contribution is -2.38. The first-order chi connectivity index (χ1) is 8.99. The Bertz CT molecular complexity index is 473. The van der Waals surface area contributed by atoms with Crippen molar-refractivity contribution < 1.29 is 14.8 Å². The normalized spacial score (nSPS) is 16.5. The third-order valence-corrected chi connectivity index (χ3v) is 3.91. The van der Waals surface area contributed by atoms with Crippen LogP contribution in [0.3, 0.4) is 0 Å². The molecule has 1 fully saturated rings. The number of halogens is 1. The average Bonchev–Trinajstić information content (AvgIpc) is 2.38. The highest BCUT2D eigenvalue weighted by Gasteiger charge is 2.23. The Morgan fingerprint density at radius 1 is 1.37 bits per heavy atom. The third-order valence-electron chi connectivity index (χ3n) is 3.59. The van der Waals surface area contributed by atoms with Gasteiger partial charge in [-0.15, -0.1) is 0 Å². The predicted octanol–water partition coefficient (Wildman–Crippen LogP) is 0.892. The van der Waals surface area contributed by atoms with Gasteiger partial charge in [0.2, 0.25) is 0 Å². The second kappa shape index (κ2) is 5.95. The molecule has 0 unspecified atom stereocenters. The molecular formula is C13H17BClNO3. The van der Waals surface area contributed by atoms with E-state index in [0.29, 0.717) is 11.5 Å². The van der Waals surface area contributed by atoms with Crippen LogP contribution in [0.25, 0.3) is 0 Å². The Morgan fingerprint density at radius 3 is 2.53 bits per heavy atom. The third kappa shape index (κ3) is 3.29. The van der Waals surface area contributed by atoms with Gasteiger partial charge >= 0.3 is 7.12 Å². The molecule has 0 aromatic heterocycles. The van der Waals surface area contributed by atoms with E-state index in [0.717, 1.165) is 25.9 Å². The van der Waals surface area contributed by atoms with Gasteiger partial charge in [0.1, 0.15) is 0 Å². The molecule has 19 heavy (non-hydrogen) atoms. The Morgan fingerprint density at radius 2 is 2.00 bits per heavy atom. The molecule has 1 amide bonds. The van der Waals surface area contributed by atoms with Crippen molar-refractivity contribution in [2.24, 2.45) is 5.92 Å². The first-order valence-electron chi connectivity index (χ1n) is 6.44. The second-order valence-corrected chi connectivity index (χ2v) is 5.49. The number of rotatable bonds is 2. The van der Waals surface area contributed by atoms with Crippen LogP contribution in [0.1, 0.15) is 30.1 Å². The number of carbonyl (C=O) groups excluding carboxylic acids is 1. The molecule has 1 aromatic carbocycles. The summed E-state index contributed by atoms with van der Waals surface area (Å²) in [6.45, 7) is 3.69. The number of piperidine rings is 1. The van der Waals surface area contributed by atoms with E-state index in [9.17, 15) is 4.79 Å². The predicted molar refractivity (Wildman–Crippen MR) is 75.6 cm³/mol. The highest BCUT2D eigenvalue weighted by Crippen LogP contribution is 2.21. The molecule has 2 N–H and O–H groups in total. The van der Waals surface area contributed by atoms with Crippen LogP contribution < -0.4 is 5.46 Å². The minimum absolute atomic E-state index is 0.0871. The number of likely N-dealkylation sites (tertiary alicyclic amines) is 1. The van der Waals surface area contributed by atoms with Crippen LogP contribution in [0.15, 0.2) is 18.2 Å². The van der Waals surface area contributed by atoms with Crippen molar-refractivity contribution in [3.05, 3.63) is 28.8 Å². The zero-order valence-electron chi connectivity index (χ0n) is 10.8. The quantitative estimate of drug-likeness (QED) is 0.792. The summed E-state index contributed by atoms with van der Waals surface area (Å²) in [4.78, 5) is 14.1. The van der Waals surface area contributed by atoms with Crippen molar-refractivity contribution in [2.45, 2.75) is 19.8 Å². The Hall–Kier alpha value is -1.04. The van der Waals surface area contributed by atoms with Crippen LogP contribution >= 0.6 is 11.6 Å². The van der Waals surface area contributed by atoms with E-state index in [2.05, 4.69) is 6.92 Å². The largest absolute Gasteiger partial charge is 0.488 e. The Labute approximate surface area is 118 Å². The van der Waals surface area contributed by atoms with E-state index in [-0.39, 0.29) is 16.4 Å². The van der Waals surface area contributed by atoms with Crippen molar-refractivity contribution in [2.75, 3.05) is 13.1 Å². The van der Waals surface area contributed by atoms with Gasteiger partial charge in [-0.05, 0) is 36.4 Å². The maximum absolute atomic E-state index is 12.3. The highest BCUT2D eigenvalue weighted by atomic mass is 35.5. The number of carbonyl (C=O) groups is 1. The monoisotopic (exact) mass is 281 g/mol. The smallest absolute Gasteiger partial charge is 0.423 e. The molecule has 0 spiro atoms. The van der Waals surface area contributed by atoms with Gasteiger partial charge in [0.05, 0.1) is 10.6 Å². The first-order valence-corrected chi connectivity index (χ1v) is 6.81. The summed E-state index contributed by atoms with van der Waals surface area (Å²) in [5.74, 6) is 0.572. The second-order valence-electron chi connectivity index (χ2n) is 5.09. The summed E-state index contributed by atoms with van der Waals surface area (Å²) in [6.07, 6.45) is 2.02.